The van der Waals surface area contributed by atoms with Gasteiger partial charge in [-0.15, -0.1) is 0 Å². The second-order valence-corrected chi connectivity index (χ2v) is 7.41. The van der Waals surface area contributed by atoms with Crippen LogP contribution in [0.1, 0.15) is 31.2 Å². The number of carbonyl (C=O) groups is 2. The smallest absolute Gasteiger partial charge is 0.313 e. The zero-order valence-corrected chi connectivity index (χ0v) is 15.3. The molecule has 1 saturated heterocycles. The third-order valence-corrected chi connectivity index (χ3v) is 5.95. The molecule has 1 saturated carbocycles. The summed E-state index contributed by atoms with van der Waals surface area (Å²) in [6, 6.07) is 15.5. The molecule has 0 bridgehead atoms. The maximum absolute atomic E-state index is 13.0. The van der Waals surface area contributed by atoms with E-state index in [0.717, 1.165) is 31.2 Å². The lowest BCUT2D eigenvalue weighted by Gasteiger charge is -2.61. The van der Waals surface area contributed by atoms with Crippen LogP contribution < -0.4 is 5.32 Å². The summed E-state index contributed by atoms with van der Waals surface area (Å²) in [6.07, 6.45) is 4.05. The van der Waals surface area contributed by atoms with Crippen LogP contribution in [0.5, 0.6) is 0 Å². The Morgan fingerprint density at radius 2 is 1.89 bits per heavy atom. The van der Waals surface area contributed by atoms with E-state index in [9.17, 15) is 19.7 Å². The average molecular weight is 379 g/mol. The largest absolute Gasteiger partial charge is 0.324 e. The summed E-state index contributed by atoms with van der Waals surface area (Å²) in [5, 5.41) is 13.4. The second kappa shape index (κ2) is 7.07. The number of anilines is 1. The Morgan fingerprint density at radius 3 is 2.61 bits per heavy atom. The van der Waals surface area contributed by atoms with Gasteiger partial charge in [0.25, 0.3) is 5.69 Å². The Kier molecular flexibility index (Phi) is 4.58. The molecular weight excluding hydrogens is 358 g/mol. The van der Waals surface area contributed by atoms with E-state index in [1.54, 1.807) is 4.90 Å². The third-order valence-electron chi connectivity index (χ3n) is 5.95. The van der Waals surface area contributed by atoms with E-state index >= 15 is 0 Å². The highest BCUT2D eigenvalue weighted by atomic mass is 16.6. The minimum atomic E-state index is -0.764. The Labute approximate surface area is 162 Å². The van der Waals surface area contributed by atoms with Crippen molar-refractivity contribution >= 4 is 23.2 Å². The molecule has 2 aromatic rings. The molecule has 1 aliphatic heterocycles. The Balaban J connectivity index is 1.56. The first-order valence-corrected chi connectivity index (χ1v) is 9.45. The normalized spacial score (nSPS) is 23.3. The molecule has 4 rings (SSSR count). The molecule has 7 nitrogen and oxygen atoms in total. The first kappa shape index (κ1) is 18.2. The number of fused-ring (bicyclic) bond motifs is 1. The molecule has 28 heavy (non-hydrogen) atoms. The molecule has 0 spiro atoms. The number of hydrogen-bond donors (Lipinski definition) is 1. The summed E-state index contributed by atoms with van der Waals surface area (Å²) in [4.78, 5) is 37.6. The van der Waals surface area contributed by atoms with Crippen LogP contribution >= 0.6 is 0 Å². The van der Waals surface area contributed by atoms with Crippen LogP contribution in [0.25, 0.3) is 0 Å². The summed E-state index contributed by atoms with van der Waals surface area (Å²) in [7, 11) is 0. The van der Waals surface area contributed by atoms with Crippen LogP contribution in [0.15, 0.2) is 54.6 Å². The van der Waals surface area contributed by atoms with Crippen molar-refractivity contribution in [2.24, 2.45) is 5.92 Å². The van der Waals surface area contributed by atoms with Crippen LogP contribution in [-0.4, -0.2) is 28.2 Å². The van der Waals surface area contributed by atoms with Gasteiger partial charge in [0.2, 0.25) is 0 Å². The van der Waals surface area contributed by atoms with Crippen molar-refractivity contribution < 1.29 is 14.5 Å². The molecular formula is C21H21N3O4. The van der Waals surface area contributed by atoms with Crippen molar-refractivity contribution in [3.05, 3.63) is 70.3 Å². The molecule has 144 valence electrons. The molecule has 0 aromatic heterocycles. The molecule has 0 radical (unpaired) electrons. The van der Waals surface area contributed by atoms with Crippen LogP contribution in [0.2, 0.25) is 0 Å². The van der Waals surface area contributed by atoms with Gasteiger partial charge in [0.1, 0.15) is 0 Å². The molecule has 1 N–H and O–H groups in total. The van der Waals surface area contributed by atoms with E-state index < -0.39 is 22.3 Å². The van der Waals surface area contributed by atoms with Crippen molar-refractivity contribution in [3.8, 4) is 0 Å². The maximum atomic E-state index is 13.0. The number of likely N-dealkylation sites (tertiary alicyclic amines) is 1. The SMILES string of the molecule is O=C(Nc1cccc([N+](=O)[O-])c1)C(=O)N1C[C@@H]2CCCC[C@]21c1ccccc1. The fourth-order valence-corrected chi connectivity index (χ4v) is 4.63. The molecule has 7 heteroatoms. The van der Waals surface area contributed by atoms with Gasteiger partial charge in [-0.05, 0) is 24.5 Å². The van der Waals surface area contributed by atoms with Crippen molar-refractivity contribution in [1.82, 2.24) is 4.90 Å². The summed E-state index contributed by atoms with van der Waals surface area (Å²) >= 11 is 0. The summed E-state index contributed by atoms with van der Waals surface area (Å²) < 4.78 is 0. The van der Waals surface area contributed by atoms with Gasteiger partial charge >= 0.3 is 11.8 Å². The number of nitro groups is 1. The first-order valence-electron chi connectivity index (χ1n) is 9.45. The number of carbonyl (C=O) groups excluding carboxylic acids is 2. The number of nitrogens with zero attached hydrogens (tertiary/aromatic N) is 2. The van der Waals surface area contributed by atoms with Crippen LogP contribution in [0, 0.1) is 16.0 Å². The lowest BCUT2D eigenvalue weighted by atomic mass is 9.61. The average Bonchev–Trinajstić information content (AvgIpc) is 2.69. The van der Waals surface area contributed by atoms with Crippen LogP contribution in [0.4, 0.5) is 11.4 Å². The zero-order valence-electron chi connectivity index (χ0n) is 15.3. The zero-order chi connectivity index (χ0) is 19.7. The summed E-state index contributed by atoms with van der Waals surface area (Å²) in [5.41, 5.74) is 0.753. The van der Waals surface area contributed by atoms with Gasteiger partial charge in [-0.25, -0.2) is 0 Å². The van der Waals surface area contributed by atoms with Crippen LogP contribution in [0.3, 0.4) is 0 Å². The van der Waals surface area contributed by atoms with Crippen molar-refractivity contribution in [2.75, 3.05) is 11.9 Å². The van der Waals surface area contributed by atoms with Gasteiger partial charge in [0.05, 0.1) is 10.5 Å². The summed E-state index contributed by atoms with van der Waals surface area (Å²) in [5.74, 6) is -0.994. The number of non-ortho nitro benzene ring substituents is 1. The minimum Gasteiger partial charge on any atom is -0.324 e. The van der Waals surface area contributed by atoms with Crippen LogP contribution in [-0.2, 0) is 15.1 Å². The fourth-order valence-electron chi connectivity index (χ4n) is 4.63. The predicted molar refractivity (Wildman–Crippen MR) is 104 cm³/mol. The van der Waals surface area contributed by atoms with Gasteiger partial charge in [-0.1, -0.05) is 49.2 Å². The molecule has 2 aromatic carbocycles. The Hall–Kier alpha value is -3.22. The summed E-state index contributed by atoms with van der Waals surface area (Å²) in [6.45, 7) is 0.566. The minimum absolute atomic E-state index is 0.137. The molecule has 2 aliphatic rings. The third kappa shape index (κ3) is 2.93. The van der Waals surface area contributed by atoms with Gasteiger partial charge in [0.15, 0.2) is 0 Å². The van der Waals surface area contributed by atoms with E-state index in [2.05, 4.69) is 5.32 Å². The maximum Gasteiger partial charge on any atom is 0.313 e. The highest BCUT2D eigenvalue weighted by molar-refractivity contribution is 6.39. The van der Waals surface area contributed by atoms with Gasteiger partial charge in [-0.3, -0.25) is 19.7 Å². The number of rotatable bonds is 3. The molecule has 1 aliphatic carbocycles. The van der Waals surface area contributed by atoms with Crippen molar-refractivity contribution in [2.45, 2.75) is 31.2 Å². The predicted octanol–water partition coefficient (Wildman–Crippen LogP) is 3.46. The standard InChI is InChI=1S/C21H21N3O4/c25-19(22-17-10-6-11-18(13-17)24(27)28)20(26)23-14-16-9-4-5-12-21(16,23)15-7-2-1-3-8-15/h1-3,6-8,10-11,13,16H,4-5,9,12,14H2,(H,22,25)/t16-,21-/m0/s1. The van der Waals surface area contributed by atoms with Gasteiger partial charge in [0, 0.05) is 30.3 Å². The number of hydrogen-bond acceptors (Lipinski definition) is 4. The number of nitrogens with one attached hydrogen (secondary N) is 1. The number of amides is 2. The molecule has 2 amide bonds. The molecule has 2 atom stereocenters. The number of benzene rings is 2. The molecule has 1 heterocycles. The van der Waals surface area contributed by atoms with Gasteiger partial charge in [-0.2, -0.15) is 0 Å². The van der Waals surface area contributed by atoms with E-state index in [1.165, 1.54) is 24.3 Å². The Morgan fingerprint density at radius 1 is 1.11 bits per heavy atom. The van der Waals surface area contributed by atoms with Gasteiger partial charge < -0.3 is 10.2 Å². The fraction of sp³-hybridized carbons (Fsp3) is 0.333. The monoisotopic (exact) mass is 379 g/mol. The lowest BCUT2D eigenvalue weighted by molar-refractivity contribution is -0.384. The number of nitro benzene ring substituents is 1. The van der Waals surface area contributed by atoms with E-state index in [0.29, 0.717) is 12.5 Å². The van der Waals surface area contributed by atoms with Crippen molar-refractivity contribution in [1.29, 1.82) is 0 Å². The first-order chi connectivity index (χ1) is 13.5. The molecule has 2 fully saturated rings. The highest BCUT2D eigenvalue weighted by Crippen LogP contribution is 2.53. The van der Waals surface area contributed by atoms with E-state index in [-0.39, 0.29) is 11.4 Å². The van der Waals surface area contributed by atoms with Crippen molar-refractivity contribution in [3.63, 3.8) is 0 Å². The van der Waals surface area contributed by atoms with E-state index in [1.807, 2.05) is 30.3 Å². The topological polar surface area (TPSA) is 92.5 Å². The lowest BCUT2D eigenvalue weighted by Crippen LogP contribution is -2.69. The quantitative estimate of drug-likeness (QED) is 0.502. The van der Waals surface area contributed by atoms with E-state index in [4.69, 9.17) is 0 Å². The second-order valence-electron chi connectivity index (χ2n) is 7.41. The highest BCUT2D eigenvalue weighted by Gasteiger charge is 2.57. The Bertz CT molecular complexity index is 930. The molecule has 0 unspecified atom stereocenters.